The molecule has 3 aromatic rings. The molecule has 0 aliphatic rings. The Morgan fingerprint density at radius 3 is 2.58 bits per heavy atom. The van der Waals surface area contributed by atoms with E-state index in [0.29, 0.717) is 0 Å². The fourth-order valence-electron chi connectivity index (χ4n) is 1.87. The molecule has 0 saturated carbocycles. The summed E-state index contributed by atoms with van der Waals surface area (Å²) in [6.07, 6.45) is 1.46. The van der Waals surface area contributed by atoms with Crippen LogP contribution in [-0.4, -0.2) is 5.91 Å². The van der Waals surface area contributed by atoms with E-state index in [1.165, 1.54) is 6.26 Å². The van der Waals surface area contributed by atoms with Crippen molar-refractivity contribution in [2.75, 3.05) is 5.43 Å². The SMILES string of the molecule is O=C(NNc1ccc2ccccc2c1)c1ccco1. The molecule has 0 aliphatic heterocycles. The van der Waals surface area contributed by atoms with Crippen molar-refractivity contribution in [2.24, 2.45) is 0 Å². The number of benzene rings is 2. The summed E-state index contributed by atoms with van der Waals surface area (Å²) in [5.41, 5.74) is 6.27. The molecule has 0 bridgehead atoms. The molecule has 0 radical (unpaired) electrons. The van der Waals surface area contributed by atoms with E-state index in [1.54, 1.807) is 12.1 Å². The highest BCUT2D eigenvalue weighted by atomic mass is 16.3. The minimum atomic E-state index is -0.307. The zero-order valence-corrected chi connectivity index (χ0v) is 10.1. The Morgan fingerprint density at radius 2 is 1.79 bits per heavy atom. The van der Waals surface area contributed by atoms with Crippen LogP contribution in [0.5, 0.6) is 0 Å². The van der Waals surface area contributed by atoms with Crippen molar-refractivity contribution in [1.82, 2.24) is 5.43 Å². The number of hydrogen-bond donors (Lipinski definition) is 2. The second kappa shape index (κ2) is 4.86. The van der Waals surface area contributed by atoms with Crippen LogP contribution in [0.25, 0.3) is 10.8 Å². The third kappa shape index (κ3) is 2.42. The molecule has 4 nitrogen and oxygen atoms in total. The second-order valence-corrected chi connectivity index (χ2v) is 4.12. The van der Waals surface area contributed by atoms with E-state index in [1.807, 2.05) is 42.5 Å². The summed E-state index contributed by atoms with van der Waals surface area (Å²) >= 11 is 0. The highest BCUT2D eigenvalue weighted by Gasteiger charge is 2.07. The molecular weight excluding hydrogens is 240 g/mol. The molecule has 0 saturated heterocycles. The van der Waals surface area contributed by atoms with Crippen molar-refractivity contribution < 1.29 is 9.21 Å². The largest absolute Gasteiger partial charge is 0.459 e. The number of rotatable bonds is 3. The minimum Gasteiger partial charge on any atom is -0.459 e. The maximum atomic E-state index is 11.7. The van der Waals surface area contributed by atoms with Crippen LogP contribution in [0.1, 0.15) is 10.6 Å². The van der Waals surface area contributed by atoms with Gasteiger partial charge in [0.2, 0.25) is 0 Å². The topological polar surface area (TPSA) is 54.3 Å². The molecule has 0 atom stereocenters. The smallest absolute Gasteiger partial charge is 0.305 e. The van der Waals surface area contributed by atoms with Crippen molar-refractivity contribution in [1.29, 1.82) is 0 Å². The van der Waals surface area contributed by atoms with Crippen molar-refractivity contribution >= 4 is 22.4 Å². The molecule has 4 heteroatoms. The van der Waals surface area contributed by atoms with Gasteiger partial charge >= 0.3 is 5.91 Å². The Labute approximate surface area is 110 Å². The van der Waals surface area contributed by atoms with Crippen LogP contribution in [0, 0.1) is 0 Å². The lowest BCUT2D eigenvalue weighted by molar-refractivity contribution is 0.0935. The maximum absolute atomic E-state index is 11.7. The summed E-state index contributed by atoms with van der Waals surface area (Å²) in [4.78, 5) is 11.7. The second-order valence-electron chi connectivity index (χ2n) is 4.12. The number of furan rings is 1. The lowest BCUT2D eigenvalue weighted by Crippen LogP contribution is -2.28. The van der Waals surface area contributed by atoms with Gasteiger partial charge in [-0.1, -0.05) is 30.3 Å². The number of hydrazine groups is 1. The van der Waals surface area contributed by atoms with E-state index >= 15 is 0 Å². The van der Waals surface area contributed by atoms with Gasteiger partial charge < -0.3 is 4.42 Å². The minimum absolute atomic E-state index is 0.272. The Balaban J connectivity index is 1.73. The standard InChI is InChI=1S/C15H12N2O2/c18-15(14-6-3-9-19-14)17-16-13-8-7-11-4-1-2-5-12(11)10-13/h1-10,16H,(H,17,18). The molecule has 1 amide bonds. The highest BCUT2D eigenvalue weighted by Crippen LogP contribution is 2.18. The number of fused-ring (bicyclic) bond motifs is 1. The van der Waals surface area contributed by atoms with Gasteiger partial charge in [-0.3, -0.25) is 15.6 Å². The van der Waals surface area contributed by atoms with Crippen LogP contribution >= 0.6 is 0 Å². The molecule has 0 spiro atoms. The molecular formula is C15H12N2O2. The number of nitrogens with one attached hydrogen (secondary N) is 2. The van der Waals surface area contributed by atoms with E-state index in [4.69, 9.17) is 4.42 Å². The first kappa shape index (κ1) is 11.3. The van der Waals surface area contributed by atoms with Gasteiger partial charge in [-0.05, 0) is 35.0 Å². The average Bonchev–Trinajstić information content (AvgIpc) is 2.99. The summed E-state index contributed by atoms with van der Waals surface area (Å²) in [7, 11) is 0. The van der Waals surface area contributed by atoms with Crippen LogP contribution in [0.3, 0.4) is 0 Å². The Hall–Kier alpha value is -2.75. The van der Waals surface area contributed by atoms with Crippen molar-refractivity contribution in [2.45, 2.75) is 0 Å². The molecule has 0 fully saturated rings. The molecule has 94 valence electrons. The number of anilines is 1. The van der Waals surface area contributed by atoms with Gasteiger partial charge in [0.05, 0.1) is 12.0 Å². The van der Waals surface area contributed by atoms with Crippen LogP contribution < -0.4 is 10.9 Å². The normalized spacial score (nSPS) is 10.3. The maximum Gasteiger partial charge on any atom is 0.305 e. The summed E-state index contributed by atoms with van der Waals surface area (Å²) in [6.45, 7) is 0. The first-order chi connectivity index (χ1) is 9.33. The molecule has 2 N–H and O–H groups in total. The third-order valence-electron chi connectivity index (χ3n) is 2.81. The monoisotopic (exact) mass is 252 g/mol. The fraction of sp³-hybridized carbons (Fsp3) is 0. The van der Waals surface area contributed by atoms with Gasteiger partial charge in [0.25, 0.3) is 0 Å². The van der Waals surface area contributed by atoms with E-state index in [-0.39, 0.29) is 11.7 Å². The Kier molecular flexibility index (Phi) is 2.90. The number of carbonyl (C=O) groups excluding carboxylic acids is 1. The van der Waals surface area contributed by atoms with Gasteiger partial charge in [-0.15, -0.1) is 0 Å². The van der Waals surface area contributed by atoms with Crippen LogP contribution in [0.4, 0.5) is 5.69 Å². The molecule has 3 rings (SSSR count). The fourth-order valence-corrected chi connectivity index (χ4v) is 1.87. The van der Waals surface area contributed by atoms with Crippen molar-refractivity contribution in [3.63, 3.8) is 0 Å². The van der Waals surface area contributed by atoms with E-state index in [2.05, 4.69) is 10.9 Å². The average molecular weight is 252 g/mol. The highest BCUT2D eigenvalue weighted by molar-refractivity contribution is 5.92. The summed E-state index contributed by atoms with van der Waals surface area (Å²) in [5.74, 6) is -0.0357. The van der Waals surface area contributed by atoms with E-state index in [0.717, 1.165) is 16.5 Å². The lowest BCUT2D eigenvalue weighted by atomic mass is 10.1. The van der Waals surface area contributed by atoms with Crippen LogP contribution in [-0.2, 0) is 0 Å². The number of amides is 1. The molecule has 0 unspecified atom stereocenters. The van der Waals surface area contributed by atoms with E-state index < -0.39 is 0 Å². The van der Waals surface area contributed by atoms with Gasteiger partial charge in [0.15, 0.2) is 5.76 Å². The van der Waals surface area contributed by atoms with Crippen LogP contribution in [0.2, 0.25) is 0 Å². The Morgan fingerprint density at radius 1 is 0.947 bits per heavy atom. The van der Waals surface area contributed by atoms with Crippen molar-refractivity contribution in [3.05, 3.63) is 66.6 Å². The van der Waals surface area contributed by atoms with Gasteiger partial charge in [0.1, 0.15) is 0 Å². The number of hydrogen-bond acceptors (Lipinski definition) is 3. The van der Waals surface area contributed by atoms with Crippen LogP contribution in [0.15, 0.2) is 65.3 Å². The predicted molar refractivity (Wildman–Crippen MR) is 73.7 cm³/mol. The number of carbonyl (C=O) groups is 1. The Bertz CT molecular complexity index is 705. The first-order valence-electron chi connectivity index (χ1n) is 5.91. The predicted octanol–water partition coefficient (Wildman–Crippen LogP) is 3.19. The molecule has 1 heterocycles. The van der Waals surface area contributed by atoms with E-state index in [9.17, 15) is 4.79 Å². The van der Waals surface area contributed by atoms with Gasteiger partial charge in [-0.2, -0.15) is 0 Å². The molecule has 0 aliphatic carbocycles. The lowest BCUT2D eigenvalue weighted by Gasteiger charge is -2.08. The van der Waals surface area contributed by atoms with Crippen molar-refractivity contribution in [3.8, 4) is 0 Å². The molecule has 19 heavy (non-hydrogen) atoms. The third-order valence-corrected chi connectivity index (χ3v) is 2.81. The van der Waals surface area contributed by atoms with Gasteiger partial charge in [0, 0.05) is 0 Å². The zero-order chi connectivity index (χ0) is 13.1. The first-order valence-corrected chi connectivity index (χ1v) is 5.91. The quantitative estimate of drug-likeness (QED) is 0.704. The summed E-state index contributed by atoms with van der Waals surface area (Å²) < 4.78 is 5.00. The zero-order valence-electron chi connectivity index (χ0n) is 10.1. The molecule has 1 aromatic heterocycles. The summed E-state index contributed by atoms with van der Waals surface area (Å²) in [6, 6.07) is 17.2. The van der Waals surface area contributed by atoms with Gasteiger partial charge in [-0.25, -0.2) is 0 Å². The molecule has 2 aromatic carbocycles. The summed E-state index contributed by atoms with van der Waals surface area (Å²) in [5, 5.41) is 2.27.